The summed E-state index contributed by atoms with van der Waals surface area (Å²) in [6, 6.07) is 10.3. The van der Waals surface area contributed by atoms with Crippen molar-refractivity contribution in [2.24, 2.45) is 0 Å². The molecule has 0 aliphatic carbocycles. The van der Waals surface area contributed by atoms with E-state index in [1.807, 2.05) is 6.07 Å². The number of nitrogens with one attached hydrogen (secondary N) is 1. The van der Waals surface area contributed by atoms with Gasteiger partial charge in [0.05, 0.1) is 23.4 Å². The number of anilines is 2. The minimum absolute atomic E-state index is 0.329. The van der Waals surface area contributed by atoms with Crippen molar-refractivity contribution in [1.29, 1.82) is 0 Å². The molecule has 20 heavy (non-hydrogen) atoms. The van der Waals surface area contributed by atoms with E-state index in [0.29, 0.717) is 27.7 Å². The van der Waals surface area contributed by atoms with Crippen molar-refractivity contribution < 1.29 is 9.53 Å². The average molecular weight is 403 g/mol. The van der Waals surface area contributed by atoms with Gasteiger partial charge in [-0.05, 0) is 59.0 Å². The molecular formula is C14H12ClIN2O2. The number of hydrogen-bond acceptors (Lipinski definition) is 3. The first-order valence-electron chi connectivity index (χ1n) is 5.71. The van der Waals surface area contributed by atoms with Gasteiger partial charge in [0, 0.05) is 9.26 Å². The van der Waals surface area contributed by atoms with Gasteiger partial charge >= 0.3 is 0 Å². The second-order valence-electron chi connectivity index (χ2n) is 4.03. The van der Waals surface area contributed by atoms with Gasteiger partial charge < -0.3 is 15.8 Å². The van der Waals surface area contributed by atoms with Gasteiger partial charge in [0.15, 0.2) is 0 Å². The van der Waals surface area contributed by atoms with Gasteiger partial charge in [-0.3, -0.25) is 4.79 Å². The maximum absolute atomic E-state index is 12.2. The molecule has 2 aromatic carbocycles. The minimum Gasteiger partial charge on any atom is -0.497 e. The van der Waals surface area contributed by atoms with E-state index in [4.69, 9.17) is 22.1 Å². The zero-order chi connectivity index (χ0) is 14.7. The molecule has 0 aliphatic rings. The van der Waals surface area contributed by atoms with E-state index in [1.165, 1.54) is 7.11 Å². The number of nitrogen functional groups attached to an aromatic ring is 1. The molecule has 0 spiro atoms. The molecule has 2 rings (SSSR count). The highest BCUT2D eigenvalue weighted by Gasteiger charge is 2.13. The Morgan fingerprint density at radius 1 is 1.30 bits per heavy atom. The Morgan fingerprint density at radius 3 is 2.70 bits per heavy atom. The third kappa shape index (κ3) is 3.34. The number of carbonyl (C=O) groups is 1. The van der Waals surface area contributed by atoms with Gasteiger partial charge in [0.2, 0.25) is 0 Å². The Kier molecular flexibility index (Phi) is 4.72. The fourth-order valence-electron chi connectivity index (χ4n) is 1.64. The Labute approximate surface area is 135 Å². The molecule has 2 aromatic rings. The predicted molar refractivity (Wildman–Crippen MR) is 89.5 cm³/mol. The zero-order valence-electron chi connectivity index (χ0n) is 10.6. The van der Waals surface area contributed by atoms with Gasteiger partial charge in [-0.1, -0.05) is 11.6 Å². The highest BCUT2D eigenvalue weighted by Crippen LogP contribution is 2.26. The molecule has 0 radical (unpaired) electrons. The summed E-state index contributed by atoms with van der Waals surface area (Å²) >= 11 is 8.23. The lowest BCUT2D eigenvalue weighted by atomic mass is 10.1. The Bertz CT molecular complexity index is 662. The lowest BCUT2D eigenvalue weighted by molar-refractivity contribution is 0.102. The van der Waals surface area contributed by atoms with Crippen LogP contribution in [0.15, 0.2) is 36.4 Å². The van der Waals surface area contributed by atoms with E-state index in [-0.39, 0.29) is 5.91 Å². The lowest BCUT2D eigenvalue weighted by Crippen LogP contribution is -2.14. The van der Waals surface area contributed by atoms with Crippen LogP contribution in [0.5, 0.6) is 5.75 Å². The van der Waals surface area contributed by atoms with Gasteiger partial charge in [0.25, 0.3) is 5.91 Å². The summed E-state index contributed by atoms with van der Waals surface area (Å²) in [4.78, 5) is 12.2. The molecule has 6 heteroatoms. The van der Waals surface area contributed by atoms with Crippen LogP contribution in [-0.4, -0.2) is 13.0 Å². The number of benzene rings is 2. The molecule has 3 N–H and O–H groups in total. The summed E-state index contributed by atoms with van der Waals surface area (Å²) in [5.41, 5.74) is 7.08. The first kappa shape index (κ1) is 14.9. The first-order chi connectivity index (χ1) is 9.51. The second-order valence-corrected chi connectivity index (χ2v) is 5.68. The molecule has 1 amide bonds. The summed E-state index contributed by atoms with van der Waals surface area (Å²) in [5.74, 6) is 0.238. The van der Waals surface area contributed by atoms with Crippen LogP contribution >= 0.6 is 34.2 Å². The number of nitrogens with two attached hydrogens (primary N) is 1. The lowest BCUT2D eigenvalue weighted by Gasteiger charge is -2.10. The topological polar surface area (TPSA) is 64.3 Å². The smallest absolute Gasteiger partial charge is 0.257 e. The number of ether oxygens (including phenoxy) is 1. The fraction of sp³-hybridized carbons (Fsp3) is 0.0714. The van der Waals surface area contributed by atoms with Crippen molar-refractivity contribution in [2.45, 2.75) is 0 Å². The summed E-state index contributed by atoms with van der Waals surface area (Å²) < 4.78 is 6.08. The maximum atomic E-state index is 12.2. The van der Waals surface area contributed by atoms with E-state index in [0.717, 1.165) is 3.57 Å². The van der Waals surface area contributed by atoms with Crippen molar-refractivity contribution in [3.63, 3.8) is 0 Å². The van der Waals surface area contributed by atoms with E-state index in [2.05, 4.69) is 27.9 Å². The largest absolute Gasteiger partial charge is 0.497 e. The van der Waals surface area contributed by atoms with Crippen molar-refractivity contribution >= 4 is 51.5 Å². The summed E-state index contributed by atoms with van der Waals surface area (Å²) in [7, 11) is 1.53. The number of hydrogen-bond donors (Lipinski definition) is 2. The van der Waals surface area contributed by atoms with E-state index in [9.17, 15) is 4.79 Å². The van der Waals surface area contributed by atoms with Gasteiger partial charge in [-0.15, -0.1) is 0 Å². The van der Waals surface area contributed by atoms with Crippen molar-refractivity contribution in [2.75, 3.05) is 18.2 Å². The molecule has 0 aliphatic heterocycles. The third-order valence-electron chi connectivity index (χ3n) is 2.68. The number of amides is 1. The summed E-state index contributed by atoms with van der Waals surface area (Å²) in [6.45, 7) is 0. The molecule has 0 unspecified atom stereocenters. The Morgan fingerprint density at radius 2 is 2.05 bits per heavy atom. The molecule has 0 atom stereocenters. The molecule has 4 nitrogen and oxygen atoms in total. The van der Waals surface area contributed by atoms with E-state index < -0.39 is 0 Å². The van der Waals surface area contributed by atoms with E-state index >= 15 is 0 Å². The second kappa shape index (κ2) is 6.32. The first-order valence-corrected chi connectivity index (χ1v) is 7.17. The number of halogens is 2. The van der Waals surface area contributed by atoms with Crippen LogP contribution < -0.4 is 15.8 Å². The molecule has 0 saturated carbocycles. The van der Waals surface area contributed by atoms with Crippen LogP contribution in [-0.2, 0) is 0 Å². The van der Waals surface area contributed by atoms with Crippen LogP contribution in [0.25, 0.3) is 0 Å². The van der Waals surface area contributed by atoms with Crippen LogP contribution in [0.1, 0.15) is 10.4 Å². The van der Waals surface area contributed by atoms with Crippen molar-refractivity contribution in [3.8, 4) is 5.75 Å². The fourth-order valence-corrected chi connectivity index (χ4v) is 2.54. The minimum atomic E-state index is -0.329. The zero-order valence-corrected chi connectivity index (χ0v) is 13.5. The van der Waals surface area contributed by atoms with Crippen LogP contribution in [0.3, 0.4) is 0 Å². The van der Waals surface area contributed by atoms with Crippen LogP contribution in [0.2, 0.25) is 5.02 Å². The van der Waals surface area contributed by atoms with Crippen molar-refractivity contribution in [1.82, 2.24) is 0 Å². The molecule has 0 bridgehead atoms. The van der Waals surface area contributed by atoms with Crippen LogP contribution in [0, 0.1) is 3.57 Å². The summed E-state index contributed by atoms with van der Waals surface area (Å²) in [6.07, 6.45) is 0. The number of rotatable bonds is 3. The molecule has 0 heterocycles. The number of methoxy groups -OCH3 is 1. The van der Waals surface area contributed by atoms with Crippen LogP contribution in [0.4, 0.5) is 11.4 Å². The third-order valence-corrected chi connectivity index (χ3v) is 3.67. The molecule has 0 saturated heterocycles. The van der Waals surface area contributed by atoms with Gasteiger partial charge in [-0.2, -0.15) is 0 Å². The molecule has 0 fully saturated rings. The molecular weight excluding hydrogens is 391 g/mol. The quantitative estimate of drug-likeness (QED) is 0.606. The number of carbonyl (C=O) groups excluding carboxylic acids is 1. The average Bonchev–Trinajstić information content (AvgIpc) is 2.42. The van der Waals surface area contributed by atoms with Crippen molar-refractivity contribution in [3.05, 3.63) is 50.6 Å². The highest BCUT2D eigenvalue weighted by molar-refractivity contribution is 14.1. The molecule has 0 aromatic heterocycles. The summed E-state index contributed by atoms with van der Waals surface area (Å²) in [5, 5.41) is 3.21. The van der Waals surface area contributed by atoms with Gasteiger partial charge in [-0.25, -0.2) is 0 Å². The van der Waals surface area contributed by atoms with Gasteiger partial charge in [0.1, 0.15) is 5.75 Å². The maximum Gasteiger partial charge on any atom is 0.257 e. The standard InChI is InChI=1S/C14H12ClIN2O2/c1-20-9-3-4-12(17)10(7-9)14(19)18-13-5-2-8(16)6-11(13)15/h2-7H,17H2,1H3,(H,18,19). The Balaban J connectivity index is 2.28. The normalized spacial score (nSPS) is 10.2. The Hall–Kier alpha value is -1.47. The highest BCUT2D eigenvalue weighted by atomic mass is 127. The monoisotopic (exact) mass is 402 g/mol. The molecule has 104 valence electrons. The predicted octanol–water partition coefficient (Wildman–Crippen LogP) is 3.79. The SMILES string of the molecule is COc1ccc(N)c(C(=O)Nc2ccc(I)cc2Cl)c1. The van der Waals surface area contributed by atoms with E-state index in [1.54, 1.807) is 30.3 Å².